The molecule has 0 aliphatic carbocycles. The molecule has 1 unspecified atom stereocenters. The lowest BCUT2D eigenvalue weighted by Crippen LogP contribution is -2.42. The number of hydroxylamine groups is 2. The minimum atomic E-state index is -0.930. The Balaban J connectivity index is 1.65. The fraction of sp³-hybridized carbons (Fsp3) is 0.364. The van der Waals surface area contributed by atoms with E-state index < -0.39 is 24.0 Å². The Labute approximate surface area is 257 Å². The molecule has 1 fully saturated rings. The van der Waals surface area contributed by atoms with Crippen molar-refractivity contribution in [2.45, 2.75) is 37.7 Å². The molecule has 44 heavy (non-hydrogen) atoms. The van der Waals surface area contributed by atoms with Crippen LogP contribution in [0.15, 0.2) is 71.7 Å². The van der Waals surface area contributed by atoms with E-state index in [9.17, 15) is 19.8 Å². The van der Waals surface area contributed by atoms with Crippen LogP contribution >= 0.6 is 0 Å². The third-order valence-corrected chi connectivity index (χ3v) is 7.80. The molecule has 3 aromatic rings. The molecule has 2 amide bonds. The van der Waals surface area contributed by atoms with Gasteiger partial charge in [0.25, 0.3) is 11.8 Å². The highest BCUT2D eigenvalue weighted by atomic mass is 16.7. The Bertz CT molecular complexity index is 1440. The van der Waals surface area contributed by atoms with Gasteiger partial charge in [0, 0.05) is 41.7 Å². The molecule has 0 bridgehead atoms. The smallest absolute Gasteiger partial charge is 0.265 e. The zero-order chi connectivity index (χ0) is 31.6. The van der Waals surface area contributed by atoms with Crippen molar-refractivity contribution >= 4 is 18.5 Å². The number of carbonyl (C=O) groups is 2. The highest BCUT2D eigenvalue weighted by Gasteiger charge is 2.46. The second-order valence-corrected chi connectivity index (χ2v) is 10.7. The molecule has 11 heteroatoms. The number of aliphatic hydroxyl groups excluding tert-OH is 2. The molecule has 234 valence electrons. The van der Waals surface area contributed by atoms with Gasteiger partial charge >= 0.3 is 0 Å². The number of aliphatic imine (C=N–C) groups is 1. The van der Waals surface area contributed by atoms with Gasteiger partial charge in [-0.05, 0) is 55.1 Å². The number of nitrogens with two attached hydrogens (primary N) is 1. The van der Waals surface area contributed by atoms with Crippen molar-refractivity contribution in [3.05, 3.63) is 89.0 Å². The Morgan fingerprint density at radius 2 is 1.86 bits per heavy atom. The van der Waals surface area contributed by atoms with E-state index in [0.717, 1.165) is 16.7 Å². The lowest BCUT2D eigenvalue weighted by molar-refractivity contribution is -0.180. The zero-order valence-corrected chi connectivity index (χ0v) is 25.1. The SMILES string of the molecule is C=NC(=O)[C@@H]1C(CO)[C@H](CO)ON1Cc1cccc(-c2cc(CN)cc(C(=O)N[C@H](CNC)Cc3ccccc3)c2)c1OC. The monoisotopic (exact) mass is 603 g/mol. The van der Waals surface area contributed by atoms with Crippen molar-refractivity contribution in [1.82, 2.24) is 15.7 Å². The molecular formula is C33H41N5O6. The molecule has 0 spiro atoms. The number of hydrogen-bond acceptors (Lipinski definition) is 9. The van der Waals surface area contributed by atoms with E-state index in [-0.39, 0.29) is 38.3 Å². The lowest BCUT2D eigenvalue weighted by atomic mass is 9.94. The summed E-state index contributed by atoms with van der Waals surface area (Å²) in [6.07, 6.45) is -0.106. The number of nitrogens with zero attached hydrogens (tertiary/aromatic N) is 2. The van der Waals surface area contributed by atoms with Gasteiger partial charge in [-0.1, -0.05) is 48.5 Å². The number of methoxy groups -OCH3 is 1. The molecule has 0 aromatic heterocycles. The third-order valence-electron chi connectivity index (χ3n) is 7.80. The summed E-state index contributed by atoms with van der Waals surface area (Å²) in [6.45, 7) is 3.52. The van der Waals surface area contributed by atoms with Crippen molar-refractivity contribution in [3.8, 4) is 16.9 Å². The quantitative estimate of drug-likeness (QED) is 0.173. The number of nitrogens with one attached hydrogen (secondary N) is 2. The summed E-state index contributed by atoms with van der Waals surface area (Å²) in [5, 5.41) is 27.5. The van der Waals surface area contributed by atoms with Gasteiger partial charge in [0.2, 0.25) is 0 Å². The molecule has 0 radical (unpaired) electrons. The summed E-state index contributed by atoms with van der Waals surface area (Å²) in [6, 6.07) is 20.0. The maximum atomic E-state index is 13.5. The number of ether oxygens (including phenoxy) is 1. The molecule has 3 aromatic carbocycles. The van der Waals surface area contributed by atoms with Gasteiger partial charge in [0.15, 0.2) is 0 Å². The number of aliphatic hydroxyl groups is 2. The average molecular weight is 604 g/mol. The van der Waals surface area contributed by atoms with Crippen LogP contribution in [-0.4, -0.2) is 85.9 Å². The van der Waals surface area contributed by atoms with Crippen LogP contribution < -0.4 is 21.1 Å². The van der Waals surface area contributed by atoms with Crippen LogP contribution in [0.3, 0.4) is 0 Å². The highest BCUT2D eigenvalue weighted by molar-refractivity contribution is 5.96. The molecule has 1 aliphatic rings. The predicted octanol–water partition coefficient (Wildman–Crippen LogP) is 1.69. The number of hydrogen-bond donors (Lipinski definition) is 5. The van der Waals surface area contributed by atoms with Gasteiger partial charge in [0.05, 0.1) is 26.9 Å². The van der Waals surface area contributed by atoms with Crippen LogP contribution in [0.2, 0.25) is 0 Å². The van der Waals surface area contributed by atoms with Gasteiger partial charge in [-0.2, -0.15) is 5.06 Å². The summed E-state index contributed by atoms with van der Waals surface area (Å²) in [4.78, 5) is 35.6. The number of carbonyl (C=O) groups excluding carboxylic acids is 2. The van der Waals surface area contributed by atoms with E-state index in [4.69, 9.17) is 15.3 Å². The number of likely N-dealkylation sites (N-methyl/N-ethyl adjacent to an activating group) is 1. The topological polar surface area (TPSA) is 159 Å². The molecule has 6 N–H and O–H groups in total. The number of benzene rings is 3. The van der Waals surface area contributed by atoms with Crippen molar-refractivity contribution in [2.24, 2.45) is 16.6 Å². The van der Waals surface area contributed by atoms with E-state index in [1.54, 1.807) is 19.2 Å². The average Bonchev–Trinajstić information content (AvgIpc) is 3.41. The van der Waals surface area contributed by atoms with Crippen molar-refractivity contribution in [3.63, 3.8) is 0 Å². The second-order valence-electron chi connectivity index (χ2n) is 10.7. The van der Waals surface area contributed by atoms with Crippen LogP contribution in [0.5, 0.6) is 5.75 Å². The minimum absolute atomic E-state index is 0.102. The van der Waals surface area contributed by atoms with Gasteiger partial charge in [-0.3, -0.25) is 14.4 Å². The second kappa shape index (κ2) is 15.7. The standard InChI is InChI=1S/C33H41N5O6/c1-35-17-26(14-21-8-5-4-6-9-21)37-32(41)25-13-22(16-34)12-24(15-25)27-11-7-10-23(31(27)43-3)18-38-30(33(42)36-2)28(19-39)29(20-40)44-38/h4-13,15,26,28-30,35,39-40H,2,14,16-20,34H2,1,3H3,(H,37,41)/t26-,28?,29-,30-/m0/s1. The van der Waals surface area contributed by atoms with Gasteiger partial charge < -0.3 is 31.3 Å². The number of para-hydroxylation sites is 1. The minimum Gasteiger partial charge on any atom is -0.496 e. The molecule has 11 nitrogen and oxygen atoms in total. The molecule has 4 atom stereocenters. The van der Waals surface area contributed by atoms with Gasteiger partial charge in [0.1, 0.15) is 17.9 Å². The van der Waals surface area contributed by atoms with E-state index in [1.165, 1.54) is 5.06 Å². The van der Waals surface area contributed by atoms with Crippen LogP contribution in [0, 0.1) is 5.92 Å². The largest absolute Gasteiger partial charge is 0.496 e. The first-order chi connectivity index (χ1) is 21.4. The molecular weight excluding hydrogens is 562 g/mol. The predicted molar refractivity (Wildman–Crippen MR) is 168 cm³/mol. The summed E-state index contributed by atoms with van der Waals surface area (Å²) in [7, 11) is 3.39. The highest BCUT2D eigenvalue weighted by Crippen LogP contribution is 2.37. The van der Waals surface area contributed by atoms with Crippen LogP contribution in [0.4, 0.5) is 0 Å². The summed E-state index contributed by atoms with van der Waals surface area (Å²) < 4.78 is 5.86. The summed E-state index contributed by atoms with van der Waals surface area (Å²) >= 11 is 0. The van der Waals surface area contributed by atoms with E-state index >= 15 is 0 Å². The van der Waals surface area contributed by atoms with Crippen molar-refractivity contribution < 1.29 is 29.4 Å². The Hall–Kier alpha value is -3.97. The van der Waals surface area contributed by atoms with Crippen LogP contribution in [0.25, 0.3) is 11.1 Å². The maximum Gasteiger partial charge on any atom is 0.265 e. The van der Waals surface area contributed by atoms with Crippen molar-refractivity contribution in [1.29, 1.82) is 0 Å². The summed E-state index contributed by atoms with van der Waals surface area (Å²) in [5.74, 6) is -0.949. The van der Waals surface area contributed by atoms with Gasteiger partial charge in [-0.15, -0.1) is 0 Å². The molecule has 0 saturated carbocycles. The number of amides is 2. The van der Waals surface area contributed by atoms with Crippen LogP contribution in [0.1, 0.15) is 27.0 Å². The molecule has 1 saturated heterocycles. The Morgan fingerprint density at radius 3 is 2.50 bits per heavy atom. The fourth-order valence-electron chi connectivity index (χ4n) is 5.69. The zero-order valence-electron chi connectivity index (χ0n) is 25.1. The fourth-order valence-corrected chi connectivity index (χ4v) is 5.69. The Kier molecular flexibility index (Phi) is 11.7. The molecule has 1 aliphatic heterocycles. The van der Waals surface area contributed by atoms with Gasteiger partial charge in [-0.25, -0.2) is 4.99 Å². The molecule has 4 rings (SSSR count). The molecule has 1 heterocycles. The van der Waals surface area contributed by atoms with E-state index in [0.29, 0.717) is 35.4 Å². The van der Waals surface area contributed by atoms with Crippen molar-refractivity contribution in [2.75, 3.05) is 33.9 Å². The first-order valence-corrected chi connectivity index (χ1v) is 14.5. The van der Waals surface area contributed by atoms with E-state index in [2.05, 4.69) is 22.3 Å². The first-order valence-electron chi connectivity index (χ1n) is 14.5. The normalized spacial score (nSPS) is 19.0. The maximum absolute atomic E-state index is 13.5. The Morgan fingerprint density at radius 1 is 1.09 bits per heavy atom. The van der Waals surface area contributed by atoms with Crippen LogP contribution in [-0.2, 0) is 29.1 Å². The summed E-state index contributed by atoms with van der Waals surface area (Å²) in [5.41, 5.74) is 10.5. The lowest BCUT2D eigenvalue weighted by Gasteiger charge is -2.24. The number of rotatable bonds is 14. The third kappa shape index (κ3) is 7.56. The van der Waals surface area contributed by atoms with E-state index in [1.807, 2.05) is 61.6 Å². The first kappa shape index (κ1) is 32.9.